The minimum absolute atomic E-state index is 0.0772. The topological polar surface area (TPSA) is 87.8 Å². The van der Waals surface area contributed by atoms with Crippen LogP contribution in [0.3, 0.4) is 0 Å². The first-order valence-corrected chi connectivity index (χ1v) is 6.22. The second-order valence-electron chi connectivity index (χ2n) is 3.36. The average molecular weight is 220 g/mol. The molecule has 0 amide bonds. The van der Waals surface area contributed by atoms with E-state index in [2.05, 4.69) is 10.3 Å². The Kier molecular flexibility index (Phi) is 3.33. The van der Waals surface area contributed by atoms with E-state index in [0.29, 0.717) is 19.0 Å². The zero-order valence-corrected chi connectivity index (χ0v) is 9.21. The first-order chi connectivity index (χ1) is 6.43. The number of sulfonamides is 1. The van der Waals surface area contributed by atoms with Gasteiger partial charge in [0, 0.05) is 26.2 Å². The minimum Gasteiger partial charge on any atom is -0.370 e. The number of hydrogen-bond donors (Lipinski definition) is 2. The largest absolute Gasteiger partial charge is 0.370 e. The van der Waals surface area contributed by atoms with Crippen LogP contribution in [0.15, 0.2) is 4.99 Å². The van der Waals surface area contributed by atoms with Crippen LogP contribution in [0.2, 0.25) is 0 Å². The van der Waals surface area contributed by atoms with Gasteiger partial charge < -0.3 is 11.1 Å². The van der Waals surface area contributed by atoms with E-state index in [1.807, 2.05) is 0 Å². The van der Waals surface area contributed by atoms with E-state index in [1.54, 1.807) is 7.05 Å². The molecule has 1 saturated heterocycles. The van der Waals surface area contributed by atoms with E-state index >= 15 is 0 Å². The fraction of sp³-hybridized carbons (Fsp3) is 0.857. The second kappa shape index (κ2) is 4.14. The Balaban J connectivity index is 2.50. The summed E-state index contributed by atoms with van der Waals surface area (Å²) in [5.74, 6) is 0.352. The molecule has 1 aliphatic heterocycles. The summed E-state index contributed by atoms with van der Waals surface area (Å²) in [6, 6.07) is 0.0772. The lowest BCUT2D eigenvalue weighted by atomic mass is 10.3. The highest BCUT2D eigenvalue weighted by molar-refractivity contribution is 7.88. The van der Waals surface area contributed by atoms with Crippen LogP contribution in [-0.4, -0.2) is 51.1 Å². The van der Waals surface area contributed by atoms with Crippen molar-refractivity contribution in [3.8, 4) is 0 Å². The van der Waals surface area contributed by atoms with Gasteiger partial charge in [0.2, 0.25) is 10.0 Å². The SMILES string of the molecule is CN=C(N)NC1CCN(S(C)(=O)=O)C1. The number of hydrogen-bond acceptors (Lipinski definition) is 3. The molecule has 1 fully saturated rings. The lowest BCUT2D eigenvalue weighted by molar-refractivity contribution is 0.473. The number of guanidine groups is 1. The lowest BCUT2D eigenvalue weighted by Gasteiger charge is -2.14. The van der Waals surface area contributed by atoms with Gasteiger partial charge in [0.25, 0.3) is 0 Å². The van der Waals surface area contributed by atoms with E-state index in [9.17, 15) is 8.42 Å². The fourth-order valence-corrected chi connectivity index (χ4v) is 2.31. The molecule has 0 aliphatic carbocycles. The Morgan fingerprint density at radius 3 is 2.71 bits per heavy atom. The summed E-state index contributed by atoms with van der Waals surface area (Å²) in [5, 5.41) is 2.95. The third kappa shape index (κ3) is 2.85. The van der Waals surface area contributed by atoms with Crippen LogP contribution in [0.1, 0.15) is 6.42 Å². The van der Waals surface area contributed by atoms with Gasteiger partial charge in [-0.25, -0.2) is 12.7 Å². The van der Waals surface area contributed by atoms with Crippen molar-refractivity contribution in [3.63, 3.8) is 0 Å². The summed E-state index contributed by atoms with van der Waals surface area (Å²) in [5.41, 5.74) is 5.48. The quantitative estimate of drug-likeness (QED) is 0.440. The smallest absolute Gasteiger partial charge is 0.211 e. The molecule has 1 rings (SSSR count). The summed E-state index contributed by atoms with van der Waals surface area (Å²) >= 11 is 0. The van der Waals surface area contributed by atoms with E-state index in [0.717, 1.165) is 6.42 Å². The zero-order valence-electron chi connectivity index (χ0n) is 8.40. The molecule has 1 unspecified atom stereocenters. The van der Waals surface area contributed by atoms with Crippen LogP contribution >= 0.6 is 0 Å². The monoisotopic (exact) mass is 220 g/mol. The Labute approximate surface area is 84.2 Å². The summed E-state index contributed by atoms with van der Waals surface area (Å²) in [6.07, 6.45) is 1.98. The highest BCUT2D eigenvalue weighted by atomic mass is 32.2. The molecule has 0 aromatic rings. The number of rotatable bonds is 2. The van der Waals surface area contributed by atoms with Gasteiger partial charge in [0.1, 0.15) is 0 Å². The van der Waals surface area contributed by atoms with Crippen molar-refractivity contribution in [2.24, 2.45) is 10.7 Å². The van der Waals surface area contributed by atoms with Gasteiger partial charge in [-0.1, -0.05) is 0 Å². The van der Waals surface area contributed by atoms with Crippen molar-refractivity contribution in [1.29, 1.82) is 0 Å². The standard InChI is InChI=1S/C7H16N4O2S/c1-9-7(8)10-6-3-4-11(5-6)14(2,12)13/h6H,3-5H2,1-2H3,(H3,8,9,10). The van der Waals surface area contributed by atoms with Gasteiger partial charge in [-0.3, -0.25) is 4.99 Å². The van der Waals surface area contributed by atoms with E-state index in [-0.39, 0.29) is 6.04 Å². The van der Waals surface area contributed by atoms with Gasteiger partial charge in [0.05, 0.1) is 6.26 Å². The highest BCUT2D eigenvalue weighted by Crippen LogP contribution is 2.11. The van der Waals surface area contributed by atoms with Crippen LogP contribution < -0.4 is 11.1 Å². The molecule has 1 aliphatic rings. The maximum atomic E-state index is 11.2. The Hall–Kier alpha value is -0.820. The molecule has 1 atom stereocenters. The second-order valence-corrected chi connectivity index (χ2v) is 5.34. The van der Waals surface area contributed by atoms with Crippen LogP contribution in [0.5, 0.6) is 0 Å². The molecular weight excluding hydrogens is 204 g/mol. The van der Waals surface area contributed by atoms with Crippen LogP contribution in [0.25, 0.3) is 0 Å². The summed E-state index contributed by atoms with van der Waals surface area (Å²) in [6.45, 7) is 1.02. The van der Waals surface area contributed by atoms with Crippen LogP contribution in [-0.2, 0) is 10.0 Å². The lowest BCUT2D eigenvalue weighted by Crippen LogP contribution is -2.42. The molecule has 0 bridgehead atoms. The van der Waals surface area contributed by atoms with Crippen molar-refractivity contribution in [3.05, 3.63) is 0 Å². The number of nitrogens with one attached hydrogen (secondary N) is 1. The number of nitrogens with zero attached hydrogens (tertiary/aromatic N) is 2. The Morgan fingerprint density at radius 1 is 1.64 bits per heavy atom. The van der Waals surface area contributed by atoms with Gasteiger partial charge in [-0.15, -0.1) is 0 Å². The summed E-state index contributed by atoms with van der Waals surface area (Å²) in [4.78, 5) is 3.75. The molecule has 14 heavy (non-hydrogen) atoms. The number of nitrogens with two attached hydrogens (primary N) is 1. The maximum Gasteiger partial charge on any atom is 0.211 e. The van der Waals surface area contributed by atoms with Gasteiger partial charge in [-0.05, 0) is 6.42 Å². The molecule has 0 aromatic heterocycles. The fourth-order valence-electron chi connectivity index (χ4n) is 1.42. The molecule has 0 spiro atoms. The molecule has 82 valence electrons. The molecule has 7 heteroatoms. The summed E-state index contributed by atoms with van der Waals surface area (Å²) < 4.78 is 23.8. The van der Waals surface area contributed by atoms with Gasteiger partial charge in [0.15, 0.2) is 5.96 Å². The van der Waals surface area contributed by atoms with Crippen molar-refractivity contribution < 1.29 is 8.42 Å². The third-order valence-corrected chi connectivity index (χ3v) is 3.48. The molecule has 1 heterocycles. The van der Waals surface area contributed by atoms with Crippen molar-refractivity contribution >= 4 is 16.0 Å². The third-order valence-electron chi connectivity index (χ3n) is 2.21. The Morgan fingerprint density at radius 2 is 2.29 bits per heavy atom. The van der Waals surface area contributed by atoms with Crippen molar-refractivity contribution in [1.82, 2.24) is 9.62 Å². The molecule has 0 aromatic carbocycles. The van der Waals surface area contributed by atoms with E-state index in [1.165, 1.54) is 10.6 Å². The molecule has 6 nitrogen and oxygen atoms in total. The normalized spacial score (nSPS) is 25.3. The highest BCUT2D eigenvalue weighted by Gasteiger charge is 2.28. The van der Waals surface area contributed by atoms with Crippen molar-refractivity contribution in [2.45, 2.75) is 12.5 Å². The van der Waals surface area contributed by atoms with Crippen LogP contribution in [0, 0.1) is 0 Å². The van der Waals surface area contributed by atoms with Gasteiger partial charge in [-0.2, -0.15) is 0 Å². The number of aliphatic imine (C=N–C) groups is 1. The summed E-state index contributed by atoms with van der Waals surface area (Å²) in [7, 11) is -1.48. The molecule has 0 saturated carbocycles. The Bertz CT molecular complexity index is 325. The molecule has 0 radical (unpaired) electrons. The molecular formula is C7H16N4O2S. The average Bonchev–Trinajstić information content (AvgIpc) is 2.51. The maximum absolute atomic E-state index is 11.2. The first kappa shape index (κ1) is 11.3. The van der Waals surface area contributed by atoms with Crippen molar-refractivity contribution in [2.75, 3.05) is 26.4 Å². The minimum atomic E-state index is -3.07. The van der Waals surface area contributed by atoms with Gasteiger partial charge >= 0.3 is 0 Å². The molecule has 3 N–H and O–H groups in total. The van der Waals surface area contributed by atoms with Crippen LogP contribution in [0.4, 0.5) is 0 Å². The predicted molar refractivity (Wildman–Crippen MR) is 55.5 cm³/mol. The zero-order chi connectivity index (χ0) is 10.8. The predicted octanol–water partition coefficient (Wildman–Crippen LogP) is -1.45. The van der Waals surface area contributed by atoms with E-state index in [4.69, 9.17) is 5.73 Å². The first-order valence-electron chi connectivity index (χ1n) is 4.37. The van der Waals surface area contributed by atoms with E-state index < -0.39 is 10.0 Å².